The van der Waals surface area contributed by atoms with Crippen LogP contribution in [0, 0.1) is 0 Å². The summed E-state index contributed by atoms with van der Waals surface area (Å²) in [5.74, 6) is 0.507. The van der Waals surface area contributed by atoms with E-state index in [0.29, 0.717) is 18.7 Å². The number of rotatable bonds is 7. The summed E-state index contributed by atoms with van der Waals surface area (Å²) in [7, 11) is 1.64. The highest BCUT2D eigenvalue weighted by Gasteiger charge is 2.21. The number of hydrogen-bond donors (Lipinski definition) is 1. The minimum absolute atomic E-state index is 0.387. The van der Waals surface area contributed by atoms with Crippen LogP contribution in [0.2, 0.25) is 0 Å². The summed E-state index contributed by atoms with van der Waals surface area (Å²) in [5.41, 5.74) is 5.00. The molecule has 0 saturated carbocycles. The second-order valence-corrected chi connectivity index (χ2v) is 9.80. The van der Waals surface area contributed by atoms with Gasteiger partial charge in [-0.3, -0.25) is 4.90 Å². The third-order valence-electron chi connectivity index (χ3n) is 5.73. The maximum absolute atomic E-state index is 12.5. The van der Waals surface area contributed by atoms with Crippen LogP contribution in [0.5, 0.6) is 0 Å². The van der Waals surface area contributed by atoms with Gasteiger partial charge < -0.3 is 14.2 Å². The van der Waals surface area contributed by atoms with E-state index >= 15 is 0 Å². The first kappa shape index (κ1) is 25.3. The molecule has 0 aliphatic heterocycles. The molecule has 1 N–H and O–H groups in total. The Labute approximate surface area is 210 Å². The van der Waals surface area contributed by atoms with Gasteiger partial charge in [0.2, 0.25) is 0 Å². The average Bonchev–Trinajstić information content (AvgIpc) is 3.29. The highest BCUT2D eigenvalue weighted by Crippen LogP contribution is 2.26. The SMILES string of the molecule is CN(C(=O)OC(C)(C)C)c1ccc(-c2ccc(-c3cn4cc(CCC(O)CF)ccc4n3)cc2)cn1. The van der Waals surface area contributed by atoms with Crippen LogP contribution in [0.1, 0.15) is 32.8 Å². The molecular formula is C28H31FN4O3. The van der Waals surface area contributed by atoms with Crippen molar-refractivity contribution < 1.29 is 19.0 Å². The number of imidazole rings is 1. The van der Waals surface area contributed by atoms with Crippen LogP contribution in [0.25, 0.3) is 28.0 Å². The molecule has 0 bridgehead atoms. The lowest BCUT2D eigenvalue weighted by Crippen LogP contribution is -2.34. The van der Waals surface area contributed by atoms with Crippen LogP contribution in [-0.2, 0) is 11.2 Å². The van der Waals surface area contributed by atoms with E-state index in [1.807, 2.05) is 80.0 Å². The molecule has 3 aromatic heterocycles. The summed E-state index contributed by atoms with van der Waals surface area (Å²) in [5, 5.41) is 9.47. The molecule has 0 saturated heterocycles. The Morgan fingerprint density at radius 3 is 2.39 bits per heavy atom. The van der Waals surface area contributed by atoms with Gasteiger partial charge in [-0.05, 0) is 62.9 Å². The largest absolute Gasteiger partial charge is 0.443 e. The molecule has 4 aromatic rings. The van der Waals surface area contributed by atoms with Crippen LogP contribution in [0.3, 0.4) is 0 Å². The number of aromatic nitrogens is 3. The van der Waals surface area contributed by atoms with Gasteiger partial charge in [-0.1, -0.05) is 30.3 Å². The lowest BCUT2D eigenvalue weighted by atomic mass is 10.0. The summed E-state index contributed by atoms with van der Waals surface area (Å²) in [6.45, 7) is 4.75. The molecule has 36 heavy (non-hydrogen) atoms. The number of hydrogen-bond acceptors (Lipinski definition) is 5. The fourth-order valence-electron chi connectivity index (χ4n) is 3.75. The van der Waals surface area contributed by atoms with Gasteiger partial charge in [-0.15, -0.1) is 0 Å². The van der Waals surface area contributed by atoms with Crippen LogP contribution < -0.4 is 4.90 Å². The van der Waals surface area contributed by atoms with E-state index < -0.39 is 24.5 Å². The van der Waals surface area contributed by atoms with E-state index in [4.69, 9.17) is 9.72 Å². The summed E-state index contributed by atoms with van der Waals surface area (Å²) < 4.78 is 19.9. The number of fused-ring (bicyclic) bond motifs is 1. The number of nitrogens with zero attached hydrogens (tertiary/aromatic N) is 4. The Morgan fingerprint density at radius 1 is 1.06 bits per heavy atom. The molecule has 0 aliphatic rings. The second kappa shape index (κ2) is 10.5. The quantitative estimate of drug-likeness (QED) is 0.360. The maximum atomic E-state index is 12.5. The number of carbonyl (C=O) groups excluding carboxylic acids is 1. The molecule has 0 fully saturated rings. The van der Waals surface area contributed by atoms with Crippen LogP contribution in [0.4, 0.5) is 15.0 Å². The first-order chi connectivity index (χ1) is 17.1. The number of ether oxygens (including phenoxy) is 1. The zero-order valence-electron chi connectivity index (χ0n) is 21.0. The number of halogens is 1. The van der Waals surface area contributed by atoms with Gasteiger partial charge in [0.1, 0.15) is 23.7 Å². The second-order valence-electron chi connectivity index (χ2n) is 9.80. The fraction of sp³-hybridized carbons (Fsp3) is 0.321. The highest BCUT2D eigenvalue weighted by molar-refractivity contribution is 5.86. The van der Waals surface area contributed by atoms with E-state index in [2.05, 4.69) is 4.98 Å². The Bertz CT molecular complexity index is 1330. The number of aryl methyl sites for hydroxylation is 1. The average molecular weight is 491 g/mol. The van der Waals surface area contributed by atoms with E-state index in [-0.39, 0.29) is 0 Å². The van der Waals surface area contributed by atoms with Crippen molar-refractivity contribution in [2.75, 3.05) is 18.6 Å². The number of anilines is 1. The minimum Gasteiger partial charge on any atom is -0.443 e. The monoisotopic (exact) mass is 490 g/mol. The third-order valence-corrected chi connectivity index (χ3v) is 5.73. The number of alkyl halides is 1. The highest BCUT2D eigenvalue weighted by atomic mass is 19.1. The van der Waals surface area contributed by atoms with Gasteiger partial charge in [0.25, 0.3) is 0 Å². The predicted octanol–water partition coefficient (Wildman–Crippen LogP) is 5.70. The molecule has 7 nitrogen and oxygen atoms in total. The Balaban J connectivity index is 1.46. The van der Waals surface area contributed by atoms with Crippen LogP contribution in [0.15, 0.2) is 67.1 Å². The van der Waals surface area contributed by atoms with E-state index in [1.165, 1.54) is 4.90 Å². The number of benzene rings is 1. The summed E-state index contributed by atoms with van der Waals surface area (Å²) in [4.78, 5) is 22.8. The van der Waals surface area contributed by atoms with Crippen molar-refractivity contribution in [1.82, 2.24) is 14.4 Å². The van der Waals surface area contributed by atoms with Crippen molar-refractivity contribution >= 4 is 17.6 Å². The molecule has 4 rings (SSSR count). The maximum Gasteiger partial charge on any atom is 0.415 e. The minimum atomic E-state index is -0.921. The molecule has 1 aromatic carbocycles. The van der Waals surface area contributed by atoms with Gasteiger partial charge >= 0.3 is 6.09 Å². The summed E-state index contributed by atoms with van der Waals surface area (Å²) in [6.07, 6.45) is 5.27. The lowest BCUT2D eigenvalue weighted by Gasteiger charge is -2.24. The standard InChI is InChI=1S/C28H31FN4O3/c1-28(2,3)36-27(35)32(4)25-14-11-22(16-30-25)20-7-9-21(10-8-20)24-18-33-17-19(5-12-23(34)15-29)6-13-26(33)31-24/h6-11,13-14,16-18,23,34H,5,12,15H2,1-4H3. The van der Waals surface area contributed by atoms with Crippen molar-refractivity contribution in [2.45, 2.75) is 45.3 Å². The fourth-order valence-corrected chi connectivity index (χ4v) is 3.75. The Kier molecular flexibility index (Phi) is 7.35. The van der Waals surface area contributed by atoms with Gasteiger partial charge in [0, 0.05) is 36.8 Å². The molecule has 0 aliphatic carbocycles. The molecule has 1 unspecified atom stereocenters. The van der Waals surface area contributed by atoms with Crippen molar-refractivity contribution in [3.05, 3.63) is 72.7 Å². The van der Waals surface area contributed by atoms with Crippen molar-refractivity contribution in [3.8, 4) is 22.4 Å². The predicted molar refractivity (Wildman–Crippen MR) is 139 cm³/mol. The molecule has 1 amide bonds. The van der Waals surface area contributed by atoms with Crippen molar-refractivity contribution in [2.24, 2.45) is 0 Å². The van der Waals surface area contributed by atoms with Crippen molar-refractivity contribution in [1.29, 1.82) is 0 Å². The smallest absolute Gasteiger partial charge is 0.415 e. The topological polar surface area (TPSA) is 80.0 Å². The van der Waals surface area contributed by atoms with E-state index in [1.54, 1.807) is 19.3 Å². The van der Waals surface area contributed by atoms with Crippen LogP contribution in [-0.4, -0.2) is 51.0 Å². The molecule has 3 heterocycles. The first-order valence-corrected chi connectivity index (χ1v) is 11.9. The van der Waals surface area contributed by atoms with Gasteiger partial charge in [-0.2, -0.15) is 0 Å². The van der Waals surface area contributed by atoms with E-state index in [0.717, 1.165) is 33.6 Å². The molecule has 0 radical (unpaired) electrons. The zero-order valence-corrected chi connectivity index (χ0v) is 21.0. The number of aliphatic hydroxyl groups excluding tert-OH is 1. The summed E-state index contributed by atoms with van der Waals surface area (Å²) in [6, 6.07) is 15.6. The zero-order chi connectivity index (χ0) is 25.9. The number of pyridine rings is 2. The van der Waals surface area contributed by atoms with Crippen LogP contribution >= 0.6 is 0 Å². The summed E-state index contributed by atoms with van der Waals surface area (Å²) >= 11 is 0. The first-order valence-electron chi connectivity index (χ1n) is 11.9. The molecular weight excluding hydrogens is 459 g/mol. The molecule has 188 valence electrons. The number of amides is 1. The number of aliphatic hydroxyl groups is 1. The van der Waals surface area contributed by atoms with E-state index in [9.17, 15) is 14.3 Å². The lowest BCUT2D eigenvalue weighted by molar-refractivity contribution is 0.0588. The molecule has 1 atom stereocenters. The molecule has 0 spiro atoms. The Hall–Kier alpha value is -3.78. The Morgan fingerprint density at radius 2 is 1.75 bits per heavy atom. The normalized spacial score (nSPS) is 12.5. The molecule has 8 heteroatoms. The van der Waals surface area contributed by atoms with Gasteiger partial charge in [-0.25, -0.2) is 19.2 Å². The number of carbonyl (C=O) groups is 1. The van der Waals surface area contributed by atoms with Gasteiger partial charge in [0.15, 0.2) is 0 Å². The third kappa shape index (κ3) is 6.07. The van der Waals surface area contributed by atoms with Gasteiger partial charge in [0.05, 0.1) is 11.8 Å². The van der Waals surface area contributed by atoms with Crippen molar-refractivity contribution in [3.63, 3.8) is 0 Å².